The number of anilines is 1. The highest BCUT2D eigenvalue weighted by Gasteiger charge is 2.25. The zero-order valence-corrected chi connectivity index (χ0v) is 22.5. The Kier molecular flexibility index (Phi) is 11.6. The van der Waals surface area contributed by atoms with Crippen LogP contribution in [-0.2, 0) is 6.54 Å². The molecule has 0 radical (unpaired) electrons. The highest BCUT2D eigenvalue weighted by atomic mass is 127. The van der Waals surface area contributed by atoms with E-state index in [0.29, 0.717) is 12.6 Å². The topological polar surface area (TPSA) is 61.4 Å². The Labute approximate surface area is 215 Å². The van der Waals surface area contributed by atoms with Gasteiger partial charge in [-0.1, -0.05) is 24.3 Å². The number of methoxy groups -OCH3 is 1. The van der Waals surface area contributed by atoms with Crippen LogP contribution in [0.2, 0.25) is 0 Å². The third-order valence-electron chi connectivity index (χ3n) is 5.58. The summed E-state index contributed by atoms with van der Waals surface area (Å²) in [4.78, 5) is 8.93. The Balaban J connectivity index is 0.00000385. The molecule has 1 aliphatic heterocycles. The second kappa shape index (κ2) is 14.1. The molecule has 2 N–H and O–H groups in total. The molecule has 1 atom stereocenters. The molecule has 1 saturated heterocycles. The Morgan fingerprint density at radius 1 is 1.15 bits per heavy atom. The van der Waals surface area contributed by atoms with Crippen molar-refractivity contribution in [2.24, 2.45) is 4.99 Å². The van der Waals surface area contributed by atoms with E-state index in [2.05, 4.69) is 63.8 Å². The van der Waals surface area contributed by atoms with E-state index in [-0.39, 0.29) is 24.0 Å². The maximum absolute atomic E-state index is 5.81. The van der Waals surface area contributed by atoms with Gasteiger partial charge in [0.25, 0.3) is 0 Å². The Hall–Kier alpha value is -2.20. The van der Waals surface area contributed by atoms with E-state index in [0.717, 1.165) is 62.2 Å². The molecule has 33 heavy (non-hydrogen) atoms. The molecule has 0 aromatic heterocycles. The summed E-state index contributed by atoms with van der Waals surface area (Å²) in [5.41, 5.74) is 2.34. The molecular formula is C25H38IN5O2. The maximum atomic E-state index is 5.81. The first-order chi connectivity index (χ1) is 15.6. The fourth-order valence-corrected chi connectivity index (χ4v) is 3.84. The quantitative estimate of drug-likeness (QED) is 0.198. The van der Waals surface area contributed by atoms with E-state index in [9.17, 15) is 0 Å². The lowest BCUT2D eigenvalue weighted by molar-refractivity contribution is 0.281. The van der Waals surface area contributed by atoms with Gasteiger partial charge >= 0.3 is 0 Å². The number of benzene rings is 2. The van der Waals surface area contributed by atoms with Crippen LogP contribution < -0.4 is 25.0 Å². The third-order valence-corrected chi connectivity index (χ3v) is 5.58. The van der Waals surface area contributed by atoms with Crippen molar-refractivity contribution in [1.82, 2.24) is 15.5 Å². The zero-order valence-electron chi connectivity index (χ0n) is 20.2. The van der Waals surface area contributed by atoms with Gasteiger partial charge in [0.05, 0.1) is 19.4 Å². The number of para-hydroxylation sites is 2. The number of rotatable bonds is 10. The monoisotopic (exact) mass is 567 g/mol. The van der Waals surface area contributed by atoms with Crippen LogP contribution in [0.15, 0.2) is 53.5 Å². The van der Waals surface area contributed by atoms with Gasteiger partial charge in [-0.05, 0) is 56.8 Å². The van der Waals surface area contributed by atoms with Crippen LogP contribution in [0.4, 0.5) is 5.69 Å². The molecule has 1 heterocycles. The molecule has 0 bridgehead atoms. The maximum Gasteiger partial charge on any atom is 0.191 e. The number of ether oxygens (including phenoxy) is 2. The molecule has 0 aliphatic carbocycles. The van der Waals surface area contributed by atoms with Crippen LogP contribution in [0.3, 0.4) is 0 Å². The first-order valence-electron chi connectivity index (χ1n) is 11.3. The second-order valence-electron chi connectivity index (χ2n) is 8.32. The highest BCUT2D eigenvalue weighted by Crippen LogP contribution is 2.30. The lowest BCUT2D eigenvalue weighted by Gasteiger charge is -2.22. The van der Waals surface area contributed by atoms with Crippen LogP contribution in [-0.4, -0.2) is 71.4 Å². The summed E-state index contributed by atoms with van der Waals surface area (Å²) in [6.07, 6.45) is 2.08. The van der Waals surface area contributed by atoms with Crippen molar-refractivity contribution in [1.29, 1.82) is 0 Å². The van der Waals surface area contributed by atoms with E-state index < -0.39 is 0 Å². The van der Waals surface area contributed by atoms with Crippen LogP contribution in [0.25, 0.3) is 0 Å². The zero-order chi connectivity index (χ0) is 22.8. The molecule has 1 fully saturated rings. The largest absolute Gasteiger partial charge is 0.495 e. The van der Waals surface area contributed by atoms with Gasteiger partial charge in [-0.15, -0.1) is 24.0 Å². The minimum Gasteiger partial charge on any atom is -0.495 e. The summed E-state index contributed by atoms with van der Waals surface area (Å²) in [6.45, 7) is 4.39. The fraction of sp³-hybridized carbons (Fsp3) is 0.480. The van der Waals surface area contributed by atoms with Gasteiger partial charge in [-0.25, -0.2) is 0 Å². The van der Waals surface area contributed by atoms with Gasteiger partial charge in [0.15, 0.2) is 5.96 Å². The van der Waals surface area contributed by atoms with Gasteiger partial charge < -0.3 is 29.9 Å². The van der Waals surface area contributed by atoms with E-state index in [1.165, 1.54) is 5.56 Å². The van der Waals surface area contributed by atoms with Gasteiger partial charge in [-0.3, -0.25) is 4.99 Å². The van der Waals surface area contributed by atoms with Crippen molar-refractivity contribution < 1.29 is 9.47 Å². The molecule has 1 unspecified atom stereocenters. The number of hydrogen-bond acceptors (Lipinski definition) is 5. The molecule has 0 amide bonds. The predicted octanol–water partition coefficient (Wildman–Crippen LogP) is 3.59. The SMILES string of the molecule is CN=C(NCc1ccc(OCCCN(C)C)cc1)NC1CCN(c2ccccc2OC)C1.I. The van der Waals surface area contributed by atoms with Crippen molar-refractivity contribution >= 4 is 35.6 Å². The van der Waals surface area contributed by atoms with Crippen LogP contribution in [0.1, 0.15) is 18.4 Å². The minimum absolute atomic E-state index is 0. The molecule has 182 valence electrons. The standard InChI is InChI=1S/C25H37N5O2.HI/c1-26-25(27-18-20-10-12-22(13-11-20)32-17-7-15-29(2)3)28-21-14-16-30(19-21)23-8-5-6-9-24(23)31-4;/h5-6,8-13,21H,7,14-19H2,1-4H3,(H2,26,27,28);1H. The molecule has 7 nitrogen and oxygen atoms in total. The summed E-state index contributed by atoms with van der Waals surface area (Å²) in [6, 6.07) is 16.8. The van der Waals surface area contributed by atoms with Crippen LogP contribution >= 0.6 is 24.0 Å². The third kappa shape index (κ3) is 8.58. The number of nitrogens with zero attached hydrogens (tertiary/aromatic N) is 3. The smallest absolute Gasteiger partial charge is 0.191 e. The highest BCUT2D eigenvalue weighted by molar-refractivity contribution is 14.0. The molecule has 1 aliphatic rings. The average molecular weight is 568 g/mol. The Morgan fingerprint density at radius 3 is 2.61 bits per heavy atom. The summed E-state index contributed by atoms with van der Waals surface area (Å²) in [7, 11) is 7.69. The molecule has 8 heteroatoms. The molecular weight excluding hydrogens is 529 g/mol. The minimum atomic E-state index is 0. The molecule has 0 saturated carbocycles. The lowest BCUT2D eigenvalue weighted by atomic mass is 10.2. The number of halogens is 1. The first-order valence-corrected chi connectivity index (χ1v) is 11.3. The molecule has 2 aromatic carbocycles. The van der Waals surface area contributed by atoms with Crippen LogP contribution in [0, 0.1) is 0 Å². The average Bonchev–Trinajstić information content (AvgIpc) is 3.28. The lowest BCUT2D eigenvalue weighted by Crippen LogP contribution is -2.44. The number of hydrogen-bond donors (Lipinski definition) is 2. The summed E-state index contributed by atoms with van der Waals surface area (Å²) < 4.78 is 11.3. The molecule has 3 rings (SSSR count). The number of aliphatic imine (C=N–C) groups is 1. The molecule has 0 spiro atoms. The van der Waals surface area contributed by atoms with Crippen LogP contribution in [0.5, 0.6) is 11.5 Å². The van der Waals surface area contributed by atoms with E-state index in [1.807, 2.05) is 31.3 Å². The first kappa shape index (κ1) is 27.0. The van der Waals surface area contributed by atoms with Gasteiger partial charge in [-0.2, -0.15) is 0 Å². The summed E-state index contributed by atoms with van der Waals surface area (Å²) >= 11 is 0. The van der Waals surface area contributed by atoms with E-state index in [1.54, 1.807) is 7.11 Å². The Morgan fingerprint density at radius 2 is 1.91 bits per heavy atom. The number of guanidine groups is 1. The van der Waals surface area contributed by atoms with Crippen molar-refractivity contribution in [2.75, 3.05) is 59.4 Å². The summed E-state index contributed by atoms with van der Waals surface area (Å²) in [5.74, 6) is 2.65. The van der Waals surface area contributed by atoms with Crippen molar-refractivity contribution in [3.63, 3.8) is 0 Å². The van der Waals surface area contributed by atoms with Crippen molar-refractivity contribution in [2.45, 2.75) is 25.4 Å². The Bertz CT molecular complexity index is 860. The van der Waals surface area contributed by atoms with E-state index in [4.69, 9.17) is 9.47 Å². The van der Waals surface area contributed by atoms with Crippen molar-refractivity contribution in [3.8, 4) is 11.5 Å². The molecule has 2 aromatic rings. The normalized spacial score (nSPS) is 15.8. The predicted molar refractivity (Wildman–Crippen MR) is 147 cm³/mol. The second-order valence-corrected chi connectivity index (χ2v) is 8.32. The van der Waals surface area contributed by atoms with Gasteiger partial charge in [0.2, 0.25) is 0 Å². The van der Waals surface area contributed by atoms with Crippen molar-refractivity contribution in [3.05, 3.63) is 54.1 Å². The van der Waals surface area contributed by atoms with Gasteiger partial charge in [0.1, 0.15) is 11.5 Å². The summed E-state index contributed by atoms with van der Waals surface area (Å²) in [5, 5.41) is 6.98. The van der Waals surface area contributed by atoms with E-state index >= 15 is 0 Å². The van der Waals surface area contributed by atoms with Gasteiger partial charge in [0, 0.05) is 39.3 Å². The fourth-order valence-electron chi connectivity index (χ4n) is 3.84. The number of nitrogens with one attached hydrogen (secondary N) is 2.